The second kappa shape index (κ2) is 6.24. The molecule has 124 valence electrons. The van der Waals surface area contributed by atoms with Crippen LogP contribution in [0.4, 0.5) is 0 Å². The van der Waals surface area contributed by atoms with Gasteiger partial charge in [-0.3, -0.25) is 9.58 Å². The van der Waals surface area contributed by atoms with Crippen molar-refractivity contribution in [1.82, 2.24) is 19.8 Å². The van der Waals surface area contributed by atoms with Crippen molar-refractivity contribution in [3.63, 3.8) is 0 Å². The van der Waals surface area contributed by atoms with Crippen molar-refractivity contribution < 1.29 is 4.52 Å². The highest BCUT2D eigenvalue weighted by Crippen LogP contribution is 2.33. The van der Waals surface area contributed by atoms with E-state index in [0.717, 1.165) is 30.1 Å². The van der Waals surface area contributed by atoms with Gasteiger partial charge in [0.2, 0.25) is 0 Å². The third kappa shape index (κ3) is 2.99. The van der Waals surface area contributed by atoms with E-state index < -0.39 is 0 Å². The minimum Gasteiger partial charge on any atom is -0.359 e. The Morgan fingerprint density at radius 2 is 2.08 bits per heavy atom. The normalized spacial score (nSPS) is 18.3. The first-order valence-corrected chi connectivity index (χ1v) is 8.44. The molecule has 1 fully saturated rings. The van der Waals surface area contributed by atoms with Crippen LogP contribution in [0.3, 0.4) is 0 Å². The molecule has 0 radical (unpaired) electrons. The fourth-order valence-corrected chi connectivity index (χ4v) is 3.45. The summed E-state index contributed by atoms with van der Waals surface area (Å²) in [6.45, 7) is 3.96. The van der Waals surface area contributed by atoms with Crippen LogP contribution < -0.4 is 0 Å². The maximum absolute atomic E-state index is 5.59. The second-order valence-corrected chi connectivity index (χ2v) is 6.62. The summed E-state index contributed by atoms with van der Waals surface area (Å²) in [7, 11) is 1.97. The van der Waals surface area contributed by atoms with Crippen LogP contribution in [0.5, 0.6) is 0 Å². The molecule has 0 bridgehead atoms. The SMILES string of the molecule is Cc1ccc(-c2cc(CN3CCCC3c3cnn(C)c3)on2)cc1. The smallest absolute Gasteiger partial charge is 0.151 e. The van der Waals surface area contributed by atoms with Crippen LogP contribution in [0.15, 0.2) is 47.2 Å². The van der Waals surface area contributed by atoms with Crippen molar-refractivity contribution >= 4 is 0 Å². The van der Waals surface area contributed by atoms with E-state index in [1.165, 1.54) is 24.0 Å². The van der Waals surface area contributed by atoms with Crippen LogP contribution in [0.25, 0.3) is 11.3 Å². The van der Waals surface area contributed by atoms with Gasteiger partial charge in [0.15, 0.2) is 5.76 Å². The molecule has 1 saturated heterocycles. The third-order valence-electron chi connectivity index (χ3n) is 4.74. The minimum absolute atomic E-state index is 0.423. The summed E-state index contributed by atoms with van der Waals surface area (Å²) in [6, 6.07) is 10.9. The van der Waals surface area contributed by atoms with Gasteiger partial charge >= 0.3 is 0 Å². The Bertz CT molecular complexity index is 818. The number of hydrogen-bond acceptors (Lipinski definition) is 4. The van der Waals surface area contributed by atoms with Gasteiger partial charge in [0.05, 0.1) is 12.7 Å². The molecule has 3 heterocycles. The average Bonchev–Trinajstić information content (AvgIpc) is 3.30. The van der Waals surface area contributed by atoms with Gasteiger partial charge in [-0.1, -0.05) is 35.0 Å². The van der Waals surface area contributed by atoms with Crippen LogP contribution in [0, 0.1) is 6.92 Å². The average molecular weight is 322 g/mol. The summed E-state index contributed by atoms with van der Waals surface area (Å²) in [5.41, 5.74) is 4.54. The molecule has 4 rings (SSSR count). The van der Waals surface area contributed by atoms with Gasteiger partial charge in [0, 0.05) is 36.5 Å². The highest BCUT2D eigenvalue weighted by Gasteiger charge is 2.28. The molecule has 1 aromatic carbocycles. The Morgan fingerprint density at radius 3 is 2.83 bits per heavy atom. The Hall–Kier alpha value is -2.40. The number of hydrogen-bond donors (Lipinski definition) is 0. The lowest BCUT2D eigenvalue weighted by molar-refractivity contribution is 0.217. The molecular weight excluding hydrogens is 300 g/mol. The highest BCUT2D eigenvalue weighted by atomic mass is 16.5. The van der Waals surface area contributed by atoms with Crippen LogP contribution in [0.2, 0.25) is 0 Å². The fraction of sp³-hybridized carbons (Fsp3) is 0.368. The summed E-state index contributed by atoms with van der Waals surface area (Å²) < 4.78 is 7.46. The molecule has 3 aromatic rings. The summed E-state index contributed by atoms with van der Waals surface area (Å²) in [6.07, 6.45) is 6.46. The van der Waals surface area contributed by atoms with Gasteiger partial charge in [0.25, 0.3) is 0 Å². The molecule has 1 unspecified atom stereocenters. The van der Waals surface area contributed by atoms with Crippen LogP contribution in [-0.4, -0.2) is 26.4 Å². The number of nitrogens with zero attached hydrogens (tertiary/aromatic N) is 4. The van der Waals surface area contributed by atoms with E-state index in [-0.39, 0.29) is 0 Å². The Kier molecular flexibility index (Phi) is 3.94. The van der Waals surface area contributed by atoms with Crippen molar-refractivity contribution in [2.24, 2.45) is 7.05 Å². The highest BCUT2D eigenvalue weighted by molar-refractivity contribution is 5.59. The van der Waals surface area contributed by atoms with Gasteiger partial charge in [-0.05, 0) is 26.3 Å². The van der Waals surface area contributed by atoms with Crippen molar-refractivity contribution in [2.45, 2.75) is 32.4 Å². The zero-order valence-electron chi connectivity index (χ0n) is 14.1. The molecular formula is C19H22N4O. The van der Waals surface area contributed by atoms with Crippen LogP contribution in [0.1, 0.15) is 35.8 Å². The van der Waals surface area contributed by atoms with E-state index in [0.29, 0.717) is 6.04 Å². The second-order valence-electron chi connectivity index (χ2n) is 6.62. The quantitative estimate of drug-likeness (QED) is 0.734. The van der Waals surface area contributed by atoms with E-state index in [1.807, 2.05) is 17.9 Å². The maximum atomic E-state index is 5.59. The number of aryl methyl sites for hydroxylation is 2. The first-order valence-electron chi connectivity index (χ1n) is 8.44. The van der Waals surface area contributed by atoms with E-state index in [9.17, 15) is 0 Å². The van der Waals surface area contributed by atoms with Gasteiger partial charge < -0.3 is 4.52 Å². The van der Waals surface area contributed by atoms with E-state index >= 15 is 0 Å². The summed E-state index contributed by atoms with van der Waals surface area (Å²) in [4.78, 5) is 2.45. The Labute approximate surface area is 141 Å². The van der Waals surface area contributed by atoms with Crippen LogP contribution >= 0.6 is 0 Å². The molecule has 24 heavy (non-hydrogen) atoms. The van der Waals surface area contributed by atoms with Crippen molar-refractivity contribution in [3.05, 3.63) is 59.6 Å². The third-order valence-corrected chi connectivity index (χ3v) is 4.74. The maximum Gasteiger partial charge on any atom is 0.151 e. The fourth-order valence-electron chi connectivity index (χ4n) is 3.45. The monoisotopic (exact) mass is 322 g/mol. The van der Waals surface area contributed by atoms with Gasteiger partial charge in [-0.2, -0.15) is 5.10 Å². The van der Waals surface area contributed by atoms with Crippen molar-refractivity contribution in [1.29, 1.82) is 0 Å². The van der Waals surface area contributed by atoms with Gasteiger partial charge in [-0.25, -0.2) is 0 Å². The van der Waals surface area contributed by atoms with Gasteiger partial charge in [-0.15, -0.1) is 0 Å². The molecule has 1 aliphatic heterocycles. The summed E-state index contributed by atoms with van der Waals surface area (Å²) >= 11 is 0. The molecule has 0 spiro atoms. The Morgan fingerprint density at radius 1 is 1.25 bits per heavy atom. The topological polar surface area (TPSA) is 47.1 Å². The van der Waals surface area contributed by atoms with E-state index in [2.05, 4.69) is 58.6 Å². The Balaban J connectivity index is 1.50. The predicted molar refractivity (Wildman–Crippen MR) is 92.3 cm³/mol. The molecule has 2 aromatic heterocycles. The lowest BCUT2D eigenvalue weighted by atomic mass is 10.1. The molecule has 0 saturated carbocycles. The molecule has 0 N–H and O–H groups in total. The van der Waals surface area contributed by atoms with Crippen molar-refractivity contribution in [3.8, 4) is 11.3 Å². The summed E-state index contributed by atoms with van der Waals surface area (Å²) in [5, 5.41) is 8.55. The standard InChI is InChI=1S/C19H22N4O/c1-14-5-7-15(8-6-14)18-10-17(24-21-18)13-23-9-3-4-19(23)16-11-20-22(2)12-16/h5-8,10-12,19H,3-4,9,13H2,1-2H3. The number of likely N-dealkylation sites (tertiary alicyclic amines) is 1. The predicted octanol–water partition coefficient (Wildman–Crippen LogP) is 3.72. The van der Waals surface area contributed by atoms with E-state index in [1.54, 1.807) is 0 Å². The lowest BCUT2D eigenvalue weighted by Crippen LogP contribution is -2.22. The molecule has 5 nitrogen and oxygen atoms in total. The minimum atomic E-state index is 0.423. The zero-order chi connectivity index (χ0) is 16.5. The van der Waals surface area contributed by atoms with Crippen LogP contribution in [-0.2, 0) is 13.6 Å². The first-order chi connectivity index (χ1) is 11.7. The lowest BCUT2D eigenvalue weighted by Gasteiger charge is -2.21. The summed E-state index contributed by atoms with van der Waals surface area (Å²) in [5.74, 6) is 0.918. The van der Waals surface area contributed by atoms with E-state index in [4.69, 9.17) is 4.52 Å². The number of rotatable bonds is 4. The molecule has 5 heteroatoms. The molecule has 1 aliphatic rings. The van der Waals surface area contributed by atoms with Gasteiger partial charge in [0.1, 0.15) is 5.69 Å². The first kappa shape index (κ1) is 15.1. The van der Waals surface area contributed by atoms with Crippen molar-refractivity contribution in [2.75, 3.05) is 6.54 Å². The number of aromatic nitrogens is 3. The zero-order valence-corrected chi connectivity index (χ0v) is 14.1. The molecule has 1 atom stereocenters. The molecule has 0 aliphatic carbocycles. The molecule has 0 amide bonds. The number of benzene rings is 1. The largest absolute Gasteiger partial charge is 0.359 e.